The second-order valence-corrected chi connectivity index (χ2v) is 3.48. The molecule has 0 spiro atoms. The molecule has 0 rings (SSSR count). The molecule has 84 valence electrons. The van der Waals surface area contributed by atoms with E-state index >= 15 is 0 Å². The number of hydrogen-bond donors (Lipinski definition) is 3. The Hall–Kier alpha value is -0.770. The van der Waals surface area contributed by atoms with Gasteiger partial charge in [0.1, 0.15) is 0 Å². The average Bonchev–Trinajstić information content (AvgIpc) is 2.18. The van der Waals surface area contributed by atoms with Crippen LogP contribution in [-0.4, -0.2) is 30.8 Å². The van der Waals surface area contributed by atoms with Crippen molar-refractivity contribution in [1.82, 2.24) is 10.6 Å². The average molecular weight is 202 g/mol. The van der Waals surface area contributed by atoms with E-state index in [-0.39, 0.29) is 18.1 Å². The Balaban J connectivity index is 3.83. The van der Waals surface area contributed by atoms with Crippen LogP contribution in [0.3, 0.4) is 0 Å². The van der Waals surface area contributed by atoms with Gasteiger partial charge < -0.3 is 15.7 Å². The molecular weight excluding hydrogens is 180 g/mol. The summed E-state index contributed by atoms with van der Waals surface area (Å²) in [6.45, 7) is 4.61. The van der Waals surface area contributed by atoms with Gasteiger partial charge in [-0.2, -0.15) is 0 Å². The minimum Gasteiger partial charge on any atom is -0.393 e. The van der Waals surface area contributed by atoms with Crippen molar-refractivity contribution in [1.29, 1.82) is 0 Å². The highest BCUT2D eigenvalue weighted by atomic mass is 16.3. The van der Waals surface area contributed by atoms with Crippen LogP contribution in [0.15, 0.2) is 0 Å². The normalized spacial score (nSPS) is 14.6. The van der Waals surface area contributed by atoms with Gasteiger partial charge in [0.05, 0.1) is 6.10 Å². The molecule has 4 heteroatoms. The standard InChI is InChI=1S/C10H22N2O2/c1-4-6-9(13)8(5-2)7-12-10(14)11-3/h8-9,13H,4-7H2,1-3H3,(H2,11,12,14). The molecule has 2 unspecified atom stereocenters. The molecule has 0 saturated heterocycles. The third-order valence-corrected chi connectivity index (χ3v) is 2.40. The number of rotatable bonds is 6. The molecule has 0 aromatic rings. The Bertz CT molecular complexity index is 162. The zero-order valence-corrected chi connectivity index (χ0v) is 9.34. The number of carbonyl (C=O) groups excluding carboxylic acids is 1. The highest BCUT2D eigenvalue weighted by Crippen LogP contribution is 2.12. The molecule has 0 aromatic carbocycles. The number of urea groups is 1. The Kier molecular flexibility index (Phi) is 7.20. The molecule has 0 heterocycles. The van der Waals surface area contributed by atoms with E-state index in [1.54, 1.807) is 7.05 Å². The van der Waals surface area contributed by atoms with Gasteiger partial charge in [0, 0.05) is 19.5 Å². The number of aliphatic hydroxyl groups excluding tert-OH is 1. The summed E-state index contributed by atoms with van der Waals surface area (Å²) in [6, 6.07) is -0.188. The fourth-order valence-electron chi connectivity index (χ4n) is 1.40. The molecule has 14 heavy (non-hydrogen) atoms. The number of carbonyl (C=O) groups is 1. The van der Waals surface area contributed by atoms with Crippen molar-refractivity contribution in [2.75, 3.05) is 13.6 Å². The summed E-state index contributed by atoms with van der Waals surface area (Å²) in [5, 5.41) is 14.9. The first kappa shape index (κ1) is 13.2. The fourth-order valence-corrected chi connectivity index (χ4v) is 1.40. The van der Waals surface area contributed by atoms with Crippen LogP contribution in [0, 0.1) is 5.92 Å². The lowest BCUT2D eigenvalue weighted by atomic mass is 9.96. The van der Waals surface area contributed by atoms with Gasteiger partial charge in [-0.05, 0) is 12.8 Å². The van der Waals surface area contributed by atoms with Gasteiger partial charge in [-0.25, -0.2) is 4.79 Å². The number of nitrogens with one attached hydrogen (secondary N) is 2. The highest BCUT2D eigenvalue weighted by molar-refractivity contribution is 5.73. The lowest BCUT2D eigenvalue weighted by Gasteiger charge is -2.21. The highest BCUT2D eigenvalue weighted by Gasteiger charge is 2.16. The second kappa shape index (κ2) is 7.62. The lowest BCUT2D eigenvalue weighted by Crippen LogP contribution is -2.39. The SMILES string of the molecule is CCCC(O)C(CC)CNC(=O)NC. The number of hydrogen-bond acceptors (Lipinski definition) is 2. The van der Waals surface area contributed by atoms with Gasteiger partial charge in [0.2, 0.25) is 0 Å². The van der Waals surface area contributed by atoms with E-state index in [0.29, 0.717) is 6.54 Å². The number of amides is 2. The maximum Gasteiger partial charge on any atom is 0.314 e. The van der Waals surface area contributed by atoms with Crippen LogP contribution >= 0.6 is 0 Å². The van der Waals surface area contributed by atoms with Crippen molar-refractivity contribution in [3.05, 3.63) is 0 Å². The first-order valence-electron chi connectivity index (χ1n) is 5.29. The van der Waals surface area contributed by atoms with E-state index in [2.05, 4.69) is 10.6 Å². The zero-order chi connectivity index (χ0) is 11.0. The molecule has 0 bridgehead atoms. The van der Waals surface area contributed by atoms with Gasteiger partial charge in [-0.1, -0.05) is 20.3 Å². The summed E-state index contributed by atoms with van der Waals surface area (Å²) in [5.41, 5.74) is 0. The van der Waals surface area contributed by atoms with Crippen LogP contribution in [0.2, 0.25) is 0 Å². The predicted molar refractivity (Wildman–Crippen MR) is 57.2 cm³/mol. The smallest absolute Gasteiger partial charge is 0.314 e. The molecule has 3 N–H and O–H groups in total. The van der Waals surface area contributed by atoms with Gasteiger partial charge >= 0.3 is 6.03 Å². The maximum absolute atomic E-state index is 10.9. The minimum absolute atomic E-state index is 0.159. The van der Waals surface area contributed by atoms with Crippen LogP contribution < -0.4 is 10.6 Å². The summed E-state index contributed by atoms with van der Waals surface area (Å²) >= 11 is 0. The summed E-state index contributed by atoms with van der Waals surface area (Å²) in [7, 11) is 1.58. The molecule has 0 saturated carbocycles. The third-order valence-electron chi connectivity index (χ3n) is 2.40. The van der Waals surface area contributed by atoms with E-state index in [1.807, 2.05) is 13.8 Å². The molecule has 2 amide bonds. The first-order valence-corrected chi connectivity index (χ1v) is 5.29. The molecule has 0 aromatic heterocycles. The minimum atomic E-state index is -0.304. The second-order valence-electron chi connectivity index (χ2n) is 3.48. The predicted octanol–water partition coefficient (Wildman–Crippen LogP) is 1.10. The Morgan fingerprint density at radius 2 is 2.07 bits per heavy atom. The van der Waals surface area contributed by atoms with E-state index in [9.17, 15) is 9.90 Å². The van der Waals surface area contributed by atoms with E-state index < -0.39 is 0 Å². The van der Waals surface area contributed by atoms with Crippen molar-refractivity contribution >= 4 is 6.03 Å². The van der Waals surface area contributed by atoms with Gasteiger partial charge in [0.25, 0.3) is 0 Å². The van der Waals surface area contributed by atoms with Crippen molar-refractivity contribution in [2.45, 2.75) is 39.2 Å². The fraction of sp³-hybridized carbons (Fsp3) is 0.900. The number of aliphatic hydroxyl groups is 1. The van der Waals surface area contributed by atoms with Crippen LogP contribution in [0.25, 0.3) is 0 Å². The molecule has 0 radical (unpaired) electrons. The Morgan fingerprint density at radius 1 is 1.43 bits per heavy atom. The van der Waals surface area contributed by atoms with Gasteiger partial charge in [-0.15, -0.1) is 0 Å². The Morgan fingerprint density at radius 3 is 2.50 bits per heavy atom. The molecule has 2 atom stereocenters. The molecular formula is C10H22N2O2. The van der Waals surface area contributed by atoms with E-state index in [4.69, 9.17) is 0 Å². The van der Waals surface area contributed by atoms with E-state index in [1.165, 1.54) is 0 Å². The van der Waals surface area contributed by atoms with Crippen LogP contribution in [-0.2, 0) is 0 Å². The molecule has 0 aliphatic heterocycles. The van der Waals surface area contributed by atoms with Crippen LogP contribution in [0.5, 0.6) is 0 Å². The summed E-state index contributed by atoms with van der Waals surface area (Å²) in [4.78, 5) is 10.9. The third kappa shape index (κ3) is 5.07. The monoisotopic (exact) mass is 202 g/mol. The van der Waals surface area contributed by atoms with Crippen LogP contribution in [0.1, 0.15) is 33.1 Å². The lowest BCUT2D eigenvalue weighted by molar-refractivity contribution is 0.0961. The summed E-state index contributed by atoms with van der Waals surface area (Å²) in [5.74, 6) is 0.159. The molecule has 4 nitrogen and oxygen atoms in total. The molecule has 0 fully saturated rings. The van der Waals surface area contributed by atoms with Crippen molar-refractivity contribution in [2.24, 2.45) is 5.92 Å². The Labute approximate surface area is 86.1 Å². The topological polar surface area (TPSA) is 61.4 Å². The van der Waals surface area contributed by atoms with Crippen LogP contribution in [0.4, 0.5) is 4.79 Å². The molecule has 0 aliphatic rings. The van der Waals surface area contributed by atoms with Gasteiger partial charge in [0.15, 0.2) is 0 Å². The molecule has 0 aliphatic carbocycles. The zero-order valence-electron chi connectivity index (χ0n) is 9.34. The van der Waals surface area contributed by atoms with Crippen molar-refractivity contribution in [3.63, 3.8) is 0 Å². The maximum atomic E-state index is 10.9. The van der Waals surface area contributed by atoms with E-state index in [0.717, 1.165) is 19.3 Å². The van der Waals surface area contributed by atoms with Crippen molar-refractivity contribution in [3.8, 4) is 0 Å². The summed E-state index contributed by atoms with van der Waals surface area (Å²) < 4.78 is 0. The quantitative estimate of drug-likeness (QED) is 0.604. The van der Waals surface area contributed by atoms with Crippen molar-refractivity contribution < 1.29 is 9.90 Å². The largest absolute Gasteiger partial charge is 0.393 e. The summed E-state index contributed by atoms with van der Waals surface area (Å²) in [6.07, 6.45) is 2.35. The van der Waals surface area contributed by atoms with Gasteiger partial charge in [-0.3, -0.25) is 0 Å². The first-order chi connectivity index (χ1) is 6.65.